The summed E-state index contributed by atoms with van der Waals surface area (Å²) in [7, 11) is -3.66. The second-order valence-electron chi connectivity index (χ2n) is 8.73. The van der Waals surface area contributed by atoms with E-state index >= 15 is 0 Å². The number of anilines is 1. The van der Waals surface area contributed by atoms with Crippen LogP contribution in [0.1, 0.15) is 43.7 Å². The van der Waals surface area contributed by atoms with Crippen LogP contribution in [0.15, 0.2) is 47.4 Å². The minimum atomic E-state index is -3.66. The third-order valence-corrected chi connectivity index (χ3v) is 8.61. The van der Waals surface area contributed by atoms with E-state index in [0.29, 0.717) is 56.0 Å². The first-order chi connectivity index (χ1) is 16.9. The van der Waals surface area contributed by atoms with Gasteiger partial charge in [0, 0.05) is 44.7 Å². The number of nitrogen functional groups attached to an aromatic ring is 1. The van der Waals surface area contributed by atoms with Crippen molar-refractivity contribution in [1.29, 1.82) is 0 Å². The Morgan fingerprint density at radius 3 is 2.31 bits per heavy atom. The van der Waals surface area contributed by atoms with Crippen LogP contribution in [0.3, 0.4) is 0 Å². The van der Waals surface area contributed by atoms with Crippen molar-refractivity contribution in [1.82, 2.24) is 19.2 Å². The highest BCUT2D eigenvalue weighted by atomic mass is 32.2. The van der Waals surface area contributed by atoms with Crippen molar-refractivity contribution < 1.29 is 13.2 Å². The molecule has 0 bridgehead atoms. The molecule has 8 nitrogen and oxygen atoms in total. The van der Waals surface area contributed by atoms with Crippen LogP contribution < -0.4 is 5.73 Å². The van der Waals surface area contributed by atoms with E-state index in [1.165, 1.54) is 0 Å². The fraction of sp³-hybridized carbons (Fsp3) is 0.462. The topological polar surface area (TPSA) is 102 Å². The first kappa shape index (κ1) is 25.5. The summed E-state index contributed by atoms with van der Waals surface area (Å²) in [6, 6.07) is 13.6. The number of hydrogen-bond donors (Lipinski definition) is 1. The molecule has 35 heavy (non-hydrogen) atoms. The van der Waals surface area contributed by atoms with Crippen LogP contribution in [-0.2, 0) is 27.6 Å². The van der Waals surface area contributed by atoms with Crippen LogP contribution >= 0.6 is 0 Å². The van der Waals surface area contributed by atoms with Gasteiger partial charge in [-0.2, -0.15) is 4.31 Å². The van der Waals surface area contributed by atoms with Crippen LogP contribution in [0, 0.1) is 0 Å². The minimum absolute atomic E-state index is 0.0311. The lowest BCUT2D eigenvalue weighted by molar-refractivity contribution is 0.0249. The lowest BCUT2D eigenvalue weighted by Gasteiger charge is -2.36. The summed E-state index contributed by atoms with van der Waals surface area (Å²) in [5.41, 5.74) is 9.26. The Morgan fingerprint density at radius 1 is 0.971 bits per heavy atom. The van der Waals surface area contributed by atoms with Crippen molar-refractivity contribution in [3.8, 4) is 0 Å². The molecule has 3 aromatic rings. The van der Waals surface area contributed by atoms with E-state index < -0.39 is 10.0 Å². The number of piperazine rings is 1. The largest absolute Gasteiger partial charge is 0.372 e. The third kappa shape index (κ3) is 5.33. The molecule has 2 heterocycles. The van der Waals surface area contributed by atoms with E-state index in [2.05, 4.69) is 27.0 Å². The molecule has 1 saturated heterocycles. The highest BCUT2D eigenvalue weighted by Crippen LogP contribution is 2.31. The molecule has 9 heteroatoms. The highest BCUT2D eigenvalue weighted by molar-refractivity contribution is 7.89. The molecule has 0 spiro atoms. The predicted octanol–water partition coefficient (Wildman–Crippen LogP) is 3.42. The van der Waals surface area contributed by atoms with Gasteiger partial charge in [0.05, 0.1) is 22.2 Å². The van der Waals surface area contributed by atoms with Gasteiger partial charge in [0.2, 0.25) is 16.0 Å². The van der Waals surface area contributed by atoms with E-state index in [0.717, 1.165) is 28.8 Å². The Hall–Kier alpha value is -2.59. The van der Waals surface area contributed by atoms with Crippen LogP contribution in [-0.4, -0.2) is 66.9 Å². The molecule has 1 aliphatic rings. The monoisotopic (exact) mass is 497 g/mol. The first-order valence-corrected chi connectivity index (χ1v) is 13.8. The minimum Gasteiger partial charge on any atom is -0.372 e. The molecule has 0 radical (unpaired) electrons. The SMILES string of the molecule is CCOC(CN1CCN(S(=O)(=O)c2ccc3nc(N)nc(CC)c3c2CC)CC1)c1ccccc1. The molecular weight excluding hydrogens is 462 g/mol. The molecule has 0 amide bonds. The van der Waals surface area contributed by atoms with Crippen molar-refractivity contribution in [2.45, 2.75) is 44.6 Å². The molecule has 1 unspecified atom stereocenters. The van der Waals surface area contributed by atoms with Gasteiger partial charge in [-0.3, -0.25) is 4.90 Å². The zero-order valence-corrected chi connectivity index (χ0v) is 21.6. The van der Waals surface area contributed by atoms with E-state index in [9.17, 15) is 8.42 Å². The van der Waals surface area contributed by atoms with Crippen molar-refractivity contribution in [3.63, 3.8) is 0 Å². The molecule has 0 aliphatic carbocycles. The molecular formula is C26H35N5O3S. The second kappa shape index (κ2) is 11.0. The Bertz CT molecular complexity index is 1260. The van der Waals surface area contributed by atoms with E-state index in [1.807, 2.05) is 39.0 Å². The fourth-order valence-corrected chi connectivity index (χ4v) is 6.59. The maximum Gasteiger partial charge on any atom is 0.243 e. The number of aryl methyl sites for hydroxylation is 2. The van der Waals surface area contributed by atoms with Gasteiger partial charge < -0.3 is 10.5 Å². The Balaban J connectivity index is 1.54. The van der Waals surface area contributed by atoms with Crippen LogP contribution in [0.5, 0.6) is 0 Å². The van der Waals surface area contributed by atoms with E-state index in [4.69, 9.17) is 10.5 Å². The number of aromatic nitrogens is 2. The van der Waals surface area contributed by atoms with Crippen molar-refractivity contribution >= 4 is 26.9 Å². The lowest BCUT2D eigenvalue weighted by atomic mass is 10.0. The number of fused-ring (bicyclic) bond motifs is 1. The van der Waals surface area contributed by atoms with Crippen LogP contribution in [0.4, 0.5) is 5.95 Å². The molecule has 1 atom stereocenters. The smallest absolute Gasteiger partial charge is 0.243 e. The zero-order chi connectivity index (χ0) is 25.0. The van der Waals surface area contributed by atoms with Gasteiger partial charge in [-0.25, -0.2) is 18.4 Å². The van der Waals surface area contributed by atoms with Gasteiger partial charge in [0.1, 0.15) is 0 Å². The summed E-state index contributed by atoms with van der Waals surface area (Å²) >= 11 is 0. The summed E-state index contributed by atoms with van der Waals surface area (Å²) in [4.78, 5) is 11.4. The average molecular weight is 498 g/mol. The number of rotatable bonds is 9. The summed E-state index contributed by atoms with van der Waals surface area (Å²) < 4.78 is 35.1. The standard InChI is InChI=1S/C26H35N5O3S/c1-4-20-24(13-12-22-25(20)21(5-2)28-26(27)29-22)35(32,33)31-16-14-30(15-17-31)18-23(34-6-3)19-10-8-7-9-11-19/h7-13,23H,4-6,14-18H2,1-3H3,(H2,27,28,29). The van der Waals surface area contributed by atoms with Crippen molar-refractivity contribution in [3.05, 3.63) is 59.3 Å². The van der Waals surface area contributed by atoms with Gasteiger partial charge in [0.25, 0.3) is 0 Å². The number of nitrogens with zero attached hydrogens (tertiary/aromatic N) is 4. The number of benzene rings is 2. The Morgan fingerprint density at radius 2 is 1.69 bits per heavy atom. The molecule has 1 aromatic heterocycles. The van der Waals surface area contributed by atoms with Crippen LogP contribution in [0.2, 0.25) is 0 Å². The molecule has 188 valence electrons. The predicted molar refractivity (Wildman–Crippen MR) is 139 cm³/mol. The number of ether oxygens (including phenoxy) is 1. The Labute approximate surface area is 208 Å². The van der Waals surface area contributed by atoms with Crippen molar-refractivity contribution in [2.75, 3.05) is 45.1 Å². The van der Waals surface area contributed by atoms with Gasteiger partial charge in [-0.15, -0.1) is 0 Å². The summed E-state index contributed by atoms with van der Waals surface area (Å²) in [6.07, 6.45) is 1.19. The van der Waals surface area contributed by atoms with E-state index in [1.54, 1.807) is 16.4 Å². The van der Waals surface area contributed by atoms with E-state index in [-0.39, 0.29) is 12.1 Å². The maximum absolute atomic E-state index is 13.7. The zero-order valence-electron chi connectivity index (χ0n) is 20.8. The summed E-state index contributed by atoms with van der Waals surface area (Å²) in [6.45, 7) is 9.52. The second-order valence-corrected chi connectivity index (χ2v) is 10.6. The molecule has 4 rings (SSSR count). The number of nitrogens with two attached hydrogens (primary N) is 1. The quantitative estimate of drug-likeness (QED) is 0.483. The maximum atomic E-state index is 13.7. The number of hydrogen-bond acceptors (Lipinski definition) is 7. The van der Waals surface area contributed by atoms with Gasteiger partial charge in [-0.1, -0.05) is 44.2 Å². The van der Waals surface area contributed by atoms with Crippen LogP contribution in [0.25, 0.3) is 10.9 Å². The lowest BCUT2D eigenvalue weighted by Crippen LogP contribution is -2.49. The molecule has 0 saturated carbocycles. The first-order valence-electron chi connectivity index (χ1n) is 12.4. The Kier molecular flexibility index (Phi) is 8.01. The van der Waals surface area contributed by atoms with Crippen molar-refractivity contribution in [2.24, 2.45) is 0 Å². The molecule has 1 fully saturated rings. The van der Waals surface area contributed by atoms with Gasteiger partial charge >= 0.3 is 0 Å². The normalized spacial score (nSPS) is 16.5. The highest BCUT2D eigenvalue weighted by Gasteiger charge is 2.32. The number of sulfonamides is 1. The molecule has 1 aliphatic heterocycles. The molecule has 2 aromatic carbocycles. The molecule has 2 N–H and O–H groups in total. The van der Waals surface area contributed by atoms with Gasteiger partial charge in [0.15, 0.2) is 0 Å². The third-order valence-electron chi connectivity index (χ3n) is 6.62. The summed E-state index contributed by atoms with van der Waals surface area (Å²) in [5, 5.41) is 0.811. The fourth-order valence-electron chi connectivity index (χ4n) is 4.87. The average Bonchev–Trinajstić information content (AvgIpc) is 2.87. The summed E-state index contributed by atoms with van der Waals surface area (Å²) in [5.74, 6) is 0.212. The van der Waals surface area contributed by atoms with Gasteiger partial charge in [-0.05, 0) is 43.0 Å².